The molecule has 1 aromatic carbocycles. The van der Waals surface area contributed by atoms with Crippen LogP contribution < -0.4 is 5.73 Å². The molecule has 1 heterocycles. The lowest BCUT2D eigenvalue weighted by atomic mass is 10.1. The summed E-state index contributed by atoms with van der Waals surface area (Å²) in [6.07, 6.45) is 0. The molecule has 18 heavy (non-hydrogen) atoms. The number of aromatic nitrogens is 1. The summed E-state index contributed by atoms with van der Waals surface area (Å²) in [5, 5.41) is 10.7. The molecule has 5 nitrogen and oxygen atoms in total. The molecule has 6 heteroatoms. The van der Waals surface area contributed by atoms with Crippen LogP contribution in [0, 0.1) is 22.9 Å². The number of hydrogen-bond acceptors (Lipinski definition) is 4. The first-order valence-electron chi connectivity index (χ1n) is 5.16. The van der Waals surface area contributed by atoms with Gasteiger partial charge in [-0.25, -0.2) is 9.37 Å². The Morgan fingerprint density at radius 3 is 2.67 bits per heavy atom. The molecule has 92 valence electrons. The summed E-state index contributed by atoms with van der Waals surface area (Å²) < 4.78 is 13.4. The Bertz CT molecular complexity index is 629. The van der Waals surface area contributed by atoms with Crippen LogP contribution in [-0.4, -0.2) is 9.91 Å². The number of aryl methyl sites for hydroxylation is 1. The summed E-state index contributed by atoms with van der Waals surface area (Å²) >= 11 is 0. The van der Waals surface area contributed by atoms with Crippen LogP contribution in [0.25, 0.3) is 11.3 Å². The SMILES string of the molecule is Cc1ccc(-c2cc([N+](=O)[O-])cc(N)n2)cc1F. The summed E-state index contributed by atoms with van der Waals surface area (Å²) in [6, 6.07) is 6.93. The fourth-order valence-electron chi connectivity index (χ4n) is 1.54. The van der Waals surface area contributed by atoms with Crippen LogP contribution in [0.5, 0.6) is 0 Å². The average molecular weight is 247 g/mol. The van der Waals surface area contributed by atoms with E-state index in [2.05, 4.69) is 4.98 Å². The Balaban J connectivity index is 2.56. The van der Waals surface area contributed by atoms with Crippen LogP contribution in [0.2, 0.25) is 0 Å². The Hall–Kier alpha value is -2.50. The van der Waals surface area contributed by atoms with Crippen LogP contribution in [-0.2, 0) is 0 Å². The molecule has 2 aromatic rings. The van der Waals surface area contributed by atoms with E-state index in [0.29, 0.717) is 11.1 Å². The molecule has 2 rings (SSSR count). The Morgan fingerprint density at radius 1 is 1.33 bits per heavy atom. The lowest BCUT2D eigenvalue weighted by Crippen LogP contribution is -1.97. The van der Waals surface area contributed by atoms with Crippen LogP contribution >= 0.6 is 0 Å². The van der Waals surface area contributed by atoms with Crippen molar-refractivity contribution in [3.05, 3.63) is 51.8 Å². The van der Waals surface area contributed by atoms with E-state index >= 15 is 0 Å². The van der Waals surface area contributed by atoms with E-state index in [-0.39, 0.29) is 23.0 Å². The van der Waals surface area contributed by atoms with E-state index in [4.69, 9.17) is 5.73 Å². The molecular formula is C12H10FN3O2. The number of benzene rings is 1. The maximum Gasteiger partial charge on any atom is 0.275 e. The lowest BCUT2D eigenvalue weighted by Gasteiger charge is -2.04. The maximum atomic E-state index is 13.4. The molecule has 2 N–H and O–H groups in total. The minimum absolute atomic E-state index is 0.0279. The van der Waals surface area contributed by atoms with Gasteiger partial charge in [0.15, 0.2) is 0 Å². The monoisotopic (exact) mass is 247 g/mol. The zero-order valence-electron chi connectivity index (χ0n) is 9.55. The molecule has 0 saturated heterocycles. The van der Waals surface area contributed by atoms with Crippen molar-refractivity contribution >= 4 is 11.5 Å². The van der Waals surface area contributed by atoms with E-state index < -0.39 is 4.92 Å². The van der Waals surface area contributed by atoms with Crippen LogP contribution in [0.15, 0.2) is 30.3 Å². The highest BCUT2D eigenvalue weighted by molar-refractivity contribution is 5.65. The normalized spacial score (nSPS) is 10.3. The van der Waals surface area contributed by atoms with Gasteiger partial charge < -0.3 is 5.73 Å². The Kier molecular flexibility index (Phi) is 2.93. The number of rotatable bonds is 2. The molecule has 0 aliphatic rings. The third-order valence-corrected chi connectivity index (χ3v) is 2.51. The van der Waals surface area contributed by atoms with E-state index in [1.165, 1.54) is 12.1 Å². The van der Waals surface area contributed by atoms with Gasteiger partial charge in [-0.05, 0) is 18.6 Å². The van der Waals surface area contributed by atoms with E-state index in [0.717, 1.165) is 6.07 Å². The van der Waals surface area contributed by atoms with Crippen molar-refractivity contribution in [1.82, 2.24) is 4.98 Å². The molecular weight excluding hydrogens is 237 g/mol. The Morgan fingerprint density at radius 2 is 2.06 bits per heavy atom. The summed E-state index contributed by atoms with van der Waals surface area (Å²) in [7, 11) is 0. The zero-order chi connectivity index (χ0) is 13.3. The molecule has 0 unspecified atom stereocenters. The predicted octanol–water partition coefficient (Wildman–Crippen LogP) is 2.69. The van der Waals surface area contributed by atoms with Gasteiger partial charge in [-0.3, -0.25) is 10.1 Å². The van der Waals surface area contributed by atoms with Crippen LogP contribution in [0.1, 0.15) is 5.56 Å². The first kappa shape index (κ1) is 12.0. The number of hydrogen-bond donors (Lipinski definition) is 1. The number of halogens is 1. The summed E-state index contributed by atoms with van der Waals surface area (Å²) in [5.41, 5.74) is 6.55. The minimum atomic E-state index is -0.563. The standard InChI is InChI=1S/C12H10FN3O2/c1-7-2-3-8(4-10(7)13)11-5-9(16(17)18)6-12(14)15-11/h2-6H,1H3,(H2,14,15). The second kappa shape index (κ2) is 4.40. The number of anilines is 1. The van der Waals surface area contributed by atoms with Crippen molar-refractivity contribution in [2.45, 2.75) is 6.92 Å². The molecule has 1 aromatic heterocycles. The average Bonchev–Trinajstić information content (AvgIpc) is 2.31. The van der Waals surface area contributed by atoms with E-state index in [1.807, 2.05) is 0 Å². The van der Waals surface area contributed by atoms with Gasteiger partial charge in [-0.15, -0.1) is 0 Å². The van der Waals surface area contributed by atoms with Crippen LogP contribution in [0.4, 0.5) is 15.9 Å². The molecule has 0 fully saturated rings. The number of nitrogens with zero attached hydrogens (tertiary/aromatic N) is 2. The van der Waals surface area contributed by atoms with Gasteiger partial charge in [0.05, 0.1) is 16.7 Å². The summed E-state index contributed by atoms with van der Waals surface area (Å²) in [5.74, 6) is -0.362. The van der Waals surface area contributed by atoms with Gasteiger partial charge in [0.1, 0.15) is 11.6 Å². The smallest absolute Gasteiger partial charge is 0.275 e. The highest BCUT2D eigenvalue weighted by Gasteiger charge is 2.12. The molecule has 0 aliphatic heterocycles. The van der Waals surface area contributed by atoms with E-state index in [9.17, 15) is 14.5 Å². The van der Waals surface area contributed by atoms with Gasteiger partial charge >= 0.3 is 0 Å². The Labute approximate surface area is 102 Å². The van der Waals surface area contributed by atoms with E-state index in [1.54, 1.807) is 19.1 Å². The van der Waals surface area contributed by atoms with Crippen molar-refractivity contribution in [3.63, 3.8) is 0 Å². The molecule has 0 saturated carbocycles. The second-order valence-corrected chi connectivity index (χ2v) is 3.86. The number of nitrogen functional groups attached to an aromatic ring is 1. The third-order valence-electron chi connectivity index (χ3n) is 2.51. The topological polar surface area (TPSA) is 82.0 Å². The quantitative estimate of drug-likeness (QED) is 0.653. The van der Waals surface area contributed by atoms with Crippen molar-refractivity contribution in [1.29, 1.82) is 0 Å². The fraction of sp³-hybridized carbons (Fsp3) is 0.0833. The lowest BCUT2D eigenvalue weighted by molar-refractivity contribution is -0.384. The van der Waals surface area contributed by atoms with Gasteiger partial charge in [-0.2, -0.15) is 0 Å². The van der Waals surface area contributed by atoms with Crippen LogP contribution in [0.3, 0.4) is 0 Å². The van der Waals surface area contributed by atoms with Gasteiger partial charge in [0.25, 0.3) is 5.69 Å². The van der Waals surface area contributed by atoms with Crippen molar-refractivity contribution in [2.24, 2.45) is 0 Å². The molecule has 0 atom stereocenters. The number of nitrogens with two attached hydrogens (primary N) is 1. The molecule has 0 radical (unpaired) electrons. The first-order chi connectivity index (χ1) is 8.47. The number of nitro groups is 1. The van der Waals surface area contributed by atoms with Crippen molar-refractivity contribution in [3.8, 4) is 11.3 Å². The van der Waals surface area contributed by atoms with Crippen molar-refractivity contribution < 1.29 is 9.31 Å². The second-order valence-electron chi connectivity index (χ2n) is 3.86. The first-order valence-corrected chi connectivity index (χ1v) is 5.16. The van der Waals surface area contributed by atoms with Gasteiger partial charge in [-0.1, -0.05) is 12.1 Å². The highest BCUT2D eigenvalue weighted by Crippen LogP contribution is 2.25. The minimum Gasteiger partial charge on any atom is -0.383 e. The number of pyridine rings is 1. The highest BCUT2D eigenvalue weighted by atomic mass is 19.1. The largest absolute Gasteiger partial charge is 0.383 e. The van der Waals surface area contributed by atoms with Gasteiger partial charge in [0, 0.05) is 11.6 Å². The summed E-state index contributed by atoms with van der Waals surface area (Å²) in [4.78, 5) is 14.1. The third kappa shape index (κ3) is 2.27. The fourth-order valence-corrected chi connectivity index (χ4v) is 1.54. The molecule has 0 amide bonds. The maximum absolute atomic E-state index is 13.4. The predicted molar refractivity (Wildman–Crippen MR) is 65.4 cm³/mol. The molecule has 0 bridgehead atoms. The molecule has 0 spiro atoms. The zero-order valence-corrected chi connectivity index (χ0v) is 9.55. The van der Waals surface area contributed by atoms with Gasteiger partial charge in [0.2, 0.25) is 0 Å². The summed E-state index contributed by atoms with van der Waals surface area (Å²) in [6.45, 7) is 1.63. The van der Waals surface area contributed by atoms with Crippen molar-refractivity contribution in [2.75, 3.05) is 5.73 Å². The molecule has 0 aliphatic carbocycles.